The van der Waals surface area contributed by atoms with Gasteiger partial charge in [-0.1, -0.05) is 0 Å². The summed E-state index contributed by atoms with van der Waals surface area (Å²) in [5, 5.41) is 9.80. The first-order valence-corrected chi connectivity index (χ1v) is 4.28. The molecule has 0 aliphatic rings. The molecule has 0 aliphatic carbocycles. The first-order chi connectivity index (χ1) is 6.16. The molecule has 1 aromatic rings. The lowest BCUT2D eigenvalue weighted by Gasteiger charge is -2.18. The van der Waals surface area contributed by atoms with Crippen LogP contribution in [0, 0.1) is 6.92 Å². The van der Waals surface area contributed by atoms with Crippen molar-refractivity contribution in [2.24, 2.45) is 0 Å². The molecule has 0 aromatic carbocycles. The largest absolute Gasteiger partial charge is 0.386 e. The van der Waals surface area contributed by atoms with Crippen LogP contribution in [-0.2, 0) is 4.74 Å². The number of nitrogens with zero attached hydrogens (tertiary/aromatic N) is 1. The minimum atomic E-state index is -0.598. The molecule has 1 rings (SSSR count). The highest BCUT2D eigenvalue weighted by Gasteiger charge is 2.17. The van der Waals surface area contributed by atoms with Gasteiger partial charge in [-0.15, -0.1) is 0 Å². The van der Waals surface area contributed by atoms with Crippen molar-refractivity contribution in [2.75, 3.05) is 7.11 Å². The summed E-state index contributed by atoms with van der Waals surface area (Å²) in [7, 11) is 1.58. The van der Waals surface area contributed by atoms with Crippen molar-refractivity contribution >= 4 is 0 Å². The summed E-state index contributed by atoms with van der Waals surface area (Å²) in [6.45, 7) is 3.78. The van der Waals surface area contributed by atoms with E-state index < -0.39 is 6.10 Å². The Morgan fingerprint density at radius 3 is 2.77 bits per heavy atom. The Labute approximate surface area is 78.4 Å². The molecule has 0 aliphatic heterocycles. The molecule has 3 heteroatoms. The predicted octanol–water partition coefficient (Wildman–Crippen LogP) is 1.46. The fraction of sp³-hybridized carbons (Fsp3) is 0.500. The van der Waals surface area contributed by atoms with Crippen LogP contribution in [0.15, 0.2) is 18.5 Å². The van der Waals surface area contributed by atoms with Crippen LogP contribution >= 0.6 is 0 Å². The van der Waals surface area contributed by atoms with Gasteiger partial charge in [-0.25, -0.2) is 0 Å². The number of hydrogen-bond donors (Lipinski definition) is 1. The molecule has 0 saturated heterocycles. The van der Waals surface area contributed by atoms with Gasteiger partial charge in [-0.3, -0.25) is 4.98 Å². The van der Waals surface area contributed by atoms with Crippen LogP contribution in [-0.4, -0.2) is 23.3 Å². The van der Waals surface area contributed by atoms with Crippen molar-refractivity contribution in [3.8, 4) is 0 Å². The Morgan fingerprint density at radius 2 is 2.23 bits per heavy atom. The maximum atomic E-state index is 9.80. The third-order valence-electron chi connectivity index (χ3n) is 2.21. The fourth-order valence-corrected chi connectivity index (χ4v) is 1.17. The number of pyridine rings is 1. The van der Waals surface area contributed by atoms with Crippen molar-refractivity contribution in [1.29, 1.82) is 0 Å². The summed E-state index contributed by atoms with van der Waals surface area (Å²) < 4.78 is 5.04. The van der Waals surface area contributed by atoms with E-state index in [0.29, 0.717) is 0 Å². The Balaban J connectivity index is 2.88. The van der Waals surface area contributed by atoms with Crippen LogP contribution in [0.4, 0.5) is 0 Å². The zero-order valence-corrected chi connectivity index (χ0v) is 8.19. The Morgan fingerprint density at radius 1 is 1.54 bits per heavy atom. The Kier molecular flexibility index (Phi) is 3.39. The van der Waals surface area contributed by atoms with Gasteiger partial charge in [-0.2, -0.15) is 0 Å². The highest BCUT2D eigenvalue weighted by atomic mass is 16.5. The zero-order valence-electron chi connectivity index (χ0n) is 8.19. The summed E-state index contributed by atoms with van der Waals surface area (Å²) in [5.74, 6) is 0. The minimum absolute atomic E-state index is 0.206. The number of aliphatic hydroxyl groups excluding tert-OH is 1. The quantitative estimate of drug-likeness (QED) is 0.767. The molecule has 0 fully saturated rings. The van der Waals surface area contributed by atoms with Gasteiger partial charge in [0.2, 0.25) is 0 Å². The van der Waals surface area contributed by atoms with Crippen molar-refractivity contribution in [3.63, 3.8) is 0 Å². The van der Waals surface area contributed by atoms with Gasteiger partial charge in [0.1, 0.15) is 6.10 Å². The lowest BCUT2D eigenvalue weighted by molar-refractivity contribution is -0.00189. The molecule has 1 heterocycles. The molecular formula is C10H15NO2. The van der Waals surface area contributed by atoms with Gasteiger partial charge in [0.15, 0.2) is 0 Å². The van der Waals surface area contributed by atoms with Gasteiger partial charge >= 0.3 is 0 Å². The standard InChI is InChI=1S/C10H15NO2/c1-7-4-5-11-6-9(7)10(12)8(2)13-3/h4-6,8,10,12H,1-3H3. The topological polar surface area (TPSA) is 42.4 Å². The third kappa shape index (κ3) is 2.26. The van der Waals surface area contributed by atoms with Gasteiger partial charge in [-0.05, 0) is 25.5 Å². The third-order valence-corrected chi connectivity index (χ3v) is 2.21. The van der Waals surface area contributed by atoms with Crippen molar-refractivity contribution in [3.05, 3.63) is 29.6 Å². The molecule has 13 heavy (non-hydrogen) atoms. The smallest absolute Gasteiger partial charge is 0.107 e. The van der Waals surface area contributed by atoms with Gasteiger partial charge in [0.05, 0.1) is 6.10 Å². The molecule has 0 bridgehead atoms. The lowest BCUT2D eigenvalue weighted by Crippen LogP contribution is -2.17. The maximum Gasteiger partial charge on any atom is 0.107 e. The average molecular weight is 181 g/mol. The van der Waals surface area contributed by atoms with Crippen molar-refractivity contribution < 1.29 is 9.84 Å². The van der Waals surface area contributed by atoms with Crippen molar-refractivity contribution in [2.45, 2.75) is 26.1 Å². The maximum absolute atomic E-state index is 9.80. The van der Waals surface area contributed by atoms with Crippen LogP contribution in [0.25, 0.3) is 0 Å². The average Bonchev–Trinajstić information content (AvgIpc) is 2.16. The molecule has 1 N–H and O–H groups in total. The summed E-state index contributed by atoms with van der Waals surface area (Å²) in [6, 6.07) is 1.88. The lowest BCUT2D eigenvalue weighted by atomic mass is 10.0. The molecule has 1 aromatic heterocycles. The van der Waals surface area contributed by atoms with E-state index in [-0.39, 0.29) is 6.10 Å². The number of methoxy groups -OCH3 is 1. The first-order valence-electron chi connectivity index (χ1n) is 4.28. The second kappa shape index (κ2) is 4.35. The highest BCUT2D eigenvalue weighted by molar-refractivity contribution is 5.24. The molecule has 0 spiro atoms. The van der Waals surface area contributed by atoms with Crippen LogP contribution in [0.2, 0.25) is 0 Å². The summed E-state index contributed by atoms with van der Waals surface area (Å²) >= 11 is 0. The minimum Gasteiger partial charge on any atom is -0.386 e. The second-order valence-corrected chi connectivity index (χ2v) is 3.12. The number of ether oxygens (including phenoxy) is 1. The van der Waals surface area contributed by atoms with Crippen LogP contribution in [0.3, 0.4) is 0 Å². The monoisotopic (exact) mass is 181 g/mol. The Hall–Kier alpha value is -0.930. The van der Waals surface area contributed by atoms with Crippen LogP contribution in [0.5, 0.6) is 0 Å². The van der Waals surface area contributed by atoms with Gasteiger partial charge < -0.3 is 9.84 Å². The number of rotatable bonds is 3. The van der Waals surface area contributed by atoms with Crippen molar-refractivity contribution in [1.82, 2.24) is 4.98 Å². The second-order valence-electron chi connectivity index (χ2n) is 3.12. The number of hydrogen-bond acceptors (Lipinski definition) is 3. The molecule has 0 radical (unpaired) electrons. The van der Waals surface area contributed by atoms with E-state index in [2.05, 4.69) is 4.98 Å². The molecule has 2 unspecified atom stereocenters. The molecule has 72 valence electrons. The summed E-state index contributed by atoms with van der Waals surface area (Å²) in [4.78, 5) is 3.97. The van der Waals surface area contributed by atoms with E-state index in [1.807, 2.05) is 19.9 Å². The fourth-order valence-electron chi connectivity index (χ4n) is 1.17. The summed E-state index contributed by atoms with van der Waals surface area (Å²) in [5.41, 5.74) is 1.86. The Bertz CT molecular complexity index is 275. The van der Waals surface area contributed by atoms with Crippen LogP contribution < -0.4 is 0 Å². The van der Waals surface area contributed by atoms with Crippen LogP contribution in [0.1, 0.15) is 24.2 Å². The zero-order chi connectivity index (χ0) is 9.84. The van der Waals surface area contributed by atoms with Gasteiger partial charge in [0, 0.05) is 25.1 Å². The van der Waals surface area contributed by atoms with E-state index in [0.717, 1.165) is 11.1 Å². The van der Waals surface area contributed by atoms with E-state index in [9.17, 15) is 5.11 Å². The predicted molar refractivity (Wildman–Crippen MR) is 50.4 cm³/mol. The molecular weight excluding hydrogens is 166 g/mol. The SMILES string of the molecule is COC(C)C(O)c1cnccc1C. The molecule has 0 amide bonds. The normalized spacial score (nSPS) is 15.4. The van der Waals surface area contributed by atoms with E-state index >= 15 is 0 Å². The van der Waals surface area contributed by atoms with E-state index in [4.69, 9.17) is 4.74 Å². The molecule has 2 atom stereocenters. The number of aryl methyl sites for hydroxylation is 1. The molecule has 3 nitrogen and oxygen atoms in total. The van der Waals surface area contributed by atoms with E-state index in [1.165, 1.54) is 0 Å². The first kappa shape index (κ1) is 10.2. The summed E-state index contributed by atoms with van der Waals surface area (Å²) in [6.07, 6.45) is 2.58. The number of aromatic nitrogens is 1. The molecule has 0 saturated carbocycles. The highest BCUT2D eigenvalue weighted by Crippen LogP contribution is 2.20. The number of aliphatic hydroxyl groups is 1. The van der Waals surface area contributed by atoms with E-state index in [1.54, 1.807) is 19.5 Å². The van der Waals surface area contributed by atoms with Gasteiger partial charge in [0.25, 0.3) is 0 Å².